The van der Waals surface area contributed by atoms with Crippen molar-refractivity contribution in [2.45, 2.75) is 6.42 Å². The standard InChI is InChI=1S/C19H22N10/c1-26-3-5-28(6-4-26)19-21-8-14(9-22-19)7-17-24-18-12-20-11-16(29(18)25-17)15-10-23-27(2)13-15/h8-13H,3-7H2,1-2H3. The minimum atomic E-state index is 0.567. The molecule has 1 saturated heterocycles. The predicted molar refractivity (Wildman–Crippen MR) is 108 cm³/mol. The first-order valence-corrected chi connectivity index (χ1v) is 9.59. The number of piperazine rings is 1. The molecule has 1 fully saturated rings. The molecule has 0 atom stereocenters. The summed E-state index contributed by atoms with van der Waals surface area (Å²) >= 11 is 0. The van der Waals surface area contributed by atoms with Gasteiger partial charge >= 0.3 is 0 Å². The van der Waals surface area contributed by atoms with Gasteiger partial charge in [-0.3, -0.25) is 9.67 Å². The lowest BCUT2D eigenvalue weighted by Crippen LogP contribution is -2.45. The van der Waals surface area contributed by atoms with E-state index in [-0.39, 0.29) is 0 Å². The Morgan fingerprint density at radius 1 is 0.931 bits per heavy atom. The topological polar surface area (TPSA) is 93.2 Å². The molecule has 0 saturated carbocycles. The Bertz CT molecular complexity index is 1120. The fourth-order valence-corrected chi connectivity index (χ4v) is 3.48. The quantitative estimate of drug-likeness (QED) is 0.502. The molecule has 0 aliphatic carbocycles. The number of rotatable bonds is 4. The highest BCUT2D eigenvalue weighted by atomic mass is 15.3. The van der Waals surface area contributed by atoms with Crippen LogP contribution in [0.4, 0.5) is 5.95 Å². The summed E-state index contributed by atoms with van der Waals surface area (Å²) in [4.78, 5) is 22.6. The maximum atomic E-state index is 4.67. The van der Waals surface area contributed by atoms with Crippen LogP contribution in [-0.4, -0.2) is 77.5 Å². The first-order chi connectivity index (χ1) is 14.2. The van der Waals surface area contributed by atoms with Gasteiger partial charge in [0.25, 0.3) is 0 Å². The summed E-state index contributed by atoms with van der Waals surface area (Å²) in [6.45, 7) is 3.97. The van der Waals surface area contributed by atoms with Gasteiger partial charge in [0.1, 0.15) is 0 Å². The minimum Gasteiger partial charge on any atom is -0.338 e. The lowest BCUT2D eigenvalue weighted by Gasteiger charge is -2.32. The maximum absolute atomic E-state index is 4.67. The Morgan fingerprint density at radius 2 is 1.72 bits per heavy atom. The van der Waals surface area contributed by atoms with Crippen molar-refractivity contribution in [1.82, 2.24) is 44.2 Å². The third-order valence-electron chi connectivity index (χ3n) is 5.13. The number of hydrogen-bond donors (Lipinski definition) is 0. The fraction of sp³-hybridized carbons (Fsp3) is 0.368. The molecule has 1 aliphatic heterocycles. The van der Waals surface area contributed by atoms with Crippen molar-refractivity contribution < 1.29 is 0 Å². The molecule has 0 N–H and O–H groups in total. The summed E-state index contributed by atoms with van der Waals surface area (Å²) in [6, 6.07) is 0. The second-order valence-corrected chi connectivity index (χ2v) is 7.35. The molecular formula is C19H22N10. The van der Waals surface area contributed by atoms with Crippen LogP contribution in [0.1, 0.15) is 11.4 Å². The van der Waals surface area contributed by atoms with E-state index in [1.807, 2.05) is 25.6 Å². The zero-order valence-electron chi connectivity index (χ0n) is 16.5. The molecule has 148 valence electrons. The molecule has 5 heterocycles. The van der Waals surface area contributed by atoms with Crippen molar-refractivity contribution in [3.8, 4) is 11.3 Å². The van der Waals surface area contributed by atoms with Gasteiger partial charge in [-0.25, -0.2) is 19.5 Å². The van der Waals surface area contributed by atoms with E-state index in [1.54, 1.807) is 27.8 Å². The van der Waals surface area contributed by atoms with Gasteiger partial charge in [0.15, 0.2) is 11.5 Å². The van der Waals surface area contributed by atoms with Gasteiger partial charge in [-0.1, -0.05) is 0 Å². The molecule has 4 aromatic heterocycles. The summed E-state index contributed by atoms with van der Waals surface area (Å²) in [5.41, 5.74) is 3.49. The third kappa shape index (κ3) is 3.54. The van der Waals surface area contributed by atoms with Crippen LogP contribution in [0, 0.1) is 0 Å². The fourth-order valence-electron chi connectivity index (χ4n) is 3.48. The summed E-state index contributed by atoms with van der Waals surface area (Å²) < 4.78 is 3.56. The van der Waals surface area contributed by atoms with E-state index in [9.17, 15) is 0 Å². The van der Waals surface area contributed by atoms with Gasteiger partial charge in [-0.2, -0.15) is 10.2 Å². The van der Waals surface area contributed by atoms with Crippen LogP contribution < -0.4 is 4.90 Å². The maximum Gasteiger partial charge on any atom is 0.225 e. The Balaban J connectivity index is 1.36. The van der Waals surface area contributed by atoms with Crippen molar-refractivity contribution in [1.29, 1.82) is 0 Å². The Kier molecular flexibility index (Phi) is 4.39. The van der Waals surface area contributed by atoms with E-state index < -0.39 is 0 Å². The van der Waals surface area contributed by atoms with Crippen LogP contribution in [0.5, 0.6) is 0 Å². The molecule has 10 nitrogen and oxygen atoms in total. The van der Waals surface area contributed by atoms with E-state index >= 15 is 0 Å². The van der Waals surface area contributed by atoms with E-state index in [0.29, 0.717) is 17.9 Å². The van der Waals surface area contributed by atoms with E-state index in [2.05, 4.69) is 47.0 Å². The van der Waals surface area contributed by atoms with Gasteiger partial charge in [0.2, 0.25) is 5.95 Å². The first-order valence-electron chi connectivity index (χ1n) is 9.59. The zero-order chi connectivity index (χ0) is 19.8. The van der Waals surface area contributed by atoms with Crippen LogP contribution in [0.3, 0.4) is 0 Å². The second kappa shape index (κ2) is 7.21. The number of aryl methyl sites for hydroxylation is 1. The molecule has 0 unspecified atom stereocenters. The van der Waals surface area contributed by atoms with Gasteiger partial charge in [-0.05, 0) is 12.6 Å². The summed E-state index contributed by atoms with van der Waals surface area (Å²) in [5, 5.41) is 8.90. The predicted octanol–water partition coefficient (Wildman–Crippen LogP) is 0.657. The number of hydrogen-bond acceptors (Lipinski definition) is 8. The SMILES string of the molecule is CN1CCN(c2ncc(Cc3nc4cncc(-c5cnn(C)c5)n4n3)cn2)CC1. The van der Waals surface area contributed by atoms with E-state index in [4.69, 9.17) is 0 Å². The monoisotopic (exact) mass is 390 g/mol. The molecule has 29 heavy (non-hydrogen) atoms. The lowest BCUT2D eigenvalue weighted by molar-refractivity contribution is 0.311. The van der Waals surface area contributed by atoms with Crippen molar-refractivity contribution in [2.24, 2.45) is 7.05 Å². The van der Waals surface area contributed by atoms with Crippen molar-refractivity contribution >= 4 is 11.6 Å². The second-order valence-electron chi connectivity index (χ2n) is 7.35. The molecule has 10 heteroatoms. The van der Waals surface area contributed by atoms with Gasteiger partial charge in [-0.15, -0.1) is 0 Å². The number of anilines is 1. The van der Waals surface area contributed by atoms with E-state index in [0.717, 1.165) is 48.9 Å². The first kappa shape index (κ1) is 17.7. The number of likely N-dealkylation sites (N-methyl/N-ethyl adjacent to an activating group) is 1. The van der Waals surface area contributed by atoms with Crippen LogP contribution in [0.25, 0.3) is 16.9 Å². The van der Waals surface area contributed by atoms with Gasteiger partial charge in [0.05, 0.1) is 24.3 Å². The summed E-state index contributed by atoms with van der Waals surface area (Å²) in [5.74, 6) is 1.49. The molecule has 0 aromatic carbocycles. The van der Waals surface area contributed by atoms with Crippen LogP contribution >= 0.6 is 0 Å². The Morgan fingerprint density at radius 3 is 2.45 bits per heavy atom. The molecule has 0 amide bonds. The summed E-state index contributed by atoms with van der Waals surface area (Å²) in [7, 11) is 4.02. The Labute approximate surface area is 167 Å². The number of fused-ring (bicyclic) bond motifs is 1. The van der Waals surface area contributed by atoms with E-state index in [1.165, 1.54) is 0 Å². The average Bonchev–Trinajstić information content (AvgIpc) is 3.34. The number of nitrogens with zero attached hydrogens (tertiary/aromatic N) is 10. The zero-order valence-corrected chi connectivity index (χ0v) is 16.5. The highest BCUT2D eigenvalue weighted by molar-refractivity contribution is 5.59. The average molecular weight is 390 g/mol. The molecule has 0 bridgehead atoms. The summed E-state index contributed by atoms with van der Waals surface area (Å²) in [6.07, 6.45) is 11.5. The van der Waals surface area contributed by atoms with Crippen LogP contribution in [-0.2, 0) is 13.5 Å². The normalized spacial score (nSPS) is 15.3. The largest absolute Gasteiger partial charge is 0.338 e. The van der Waals surface area contributed by atoms with Gasteiger partial charge in [0, 0.05) is 63.8 Å². The molecule has 0 radical (unpaired) electrons. The highest BCUT2D eigenvalue weighted by Gasteiger charge is 2.17. The highest BCUT2D eigenvalue weighted by Crippen LogP contribution is 2.19. The molecule has 5 rings (SSSR count). The van der Waals surface area contributed by atoms with Gasteiger partial charge < -0.3 is 9.80 Å². The molecule has 0 spiro atoms. The van der Waals surface area contributed by atoms with Crippen LogP contribution in [0.15, 0.2) is 37.2 Å². The van der Waals surface area contributed by atoms with Crippen molar-refractivity contribution in [3.05, 3.63) is 48.6 Å². The molecular weight excluding hydrogens is 368 g/mol. The molecule has 1 aliphatic rings. The van der Waals surface area contributed by atoms with Crippen LogP contribution in [0.2, 0.25) is 0 Å². The lowest BCUT2D eigenvalue weighted by atomic mass is 10.2. The van der Waals surface area contributed by atoms with Crippen molar-refractivity contribution in [2.75, 3.05) is 38.1 Å². The minimum absolute atomic E-state index is 0.567. The van der Waals surface area contributed by atoms with Crippen molar-refractivity contribution in [3.63, 3.8) is 0 Å². The number of aromatic nitrogens is 8. The third-order valence-corrected chi connectivity index (χ3v) is 5.13. The Hall–Kier alpha value is -3.40. The molecule has 4 aromatic rings. The smallest absolute Gasteiger partial charge is 0.225 e.